The average Bonchev–Trinajstić information content (AvgIpc) is 3.35. The predicted molar refractivity (Wildman–Crippen MR) is 122 cm³/mol. The Morgan fingerprint density at radius 1 is 0.933 bits per heavy atom. The van der Waals surface area contributed by atoms with Crippen molar-refractivity contribution in [1.82, 2.24) is 4.98 Å². The third-order valence-electron chi connectivity index (χ3n) is 4.69. The van der Waals surface area contributed by atoms with Crippen LogP contribution in [0.1, 0.15) is 5.56 Å². The van der Waals surface area contributed by atoms with Crippen molar-refractivity contribution in [3.05, 3.63) is 89.4 Å². The summed E-state index contributed by atoms with van der Waals surface area (Å²) in [6.07, 6.45) is 0. The second-order valence-corrected chi connectivity index (χ2v) is 8.08. The van der Waals surface area contributed by atoms with E-state index in [0.29, 0.717) is 27.4 Å². The maximum Gasteiger partial charge on any atom is 0.218 e. The number of nitriles is 1. The molecular weight excluding hydrogens is 414 g/mol. The number of rotatable bonds is 4. The Balaban J connectivity index is 1.66. The Kier molecular flexibility index (Phi) is 4.72. The zero-order chi connectivity index (χ0) is 20.5. The summed E-state index contributed by atoms with van der Waals surface area (Å²) in [4.78, 5) is 4.59. The molecule has 0 amide bonds. The first-order valence-electron chi connectivity index (χ1n) is 9.24. The highest BCUT2D eigenvalue weighted by Gasteiger charge is 2.23. The molecule has 0 atom stereocenters. The van der Waals surface area contributed by atoms with Crippen molar-refractivity contribution in [1.29, 1.82) is 5.26 Å². The van der Waals surface area contributed by atoms with Crippen LogP contribution in [0, 0.1) is 11.3 Å². The summed E-state index contributed by atoms with van der Waals surface area (Å²) in [6.45, 7) is 0. The van der Waals surface area contributed by atoms with Crippen LogP contribution in [0.25, 0.3) is 32.7 Å². The first-order valence-corrected chi connectivity index (χ1v) is 10.4. The molecule has 30 heavy (non-hydrogen) atoms. The van der Waals surface area contributed by atoms with Crippen LogP contribution in [0.5, 0.6) is 0 Å². The molecule has 4 nitrogen and oxygen atoms in total. The number of fused-ring (bicyclic) bond motifs is 1. The summed E-state index contributed by atoms with van der Waals surface area (Å²) in [5.41, 5.74) is 3.86. The van der Waals surface area contributed by atoms with E-state index in [9.17, 15) is 5.26 Å². The van der Waals surface area contributed by atoms with Gasteiger partial charge in [-0.3, -0.25) is 0 Å². The van der Waals surface area contributed by atoms with Gasteiger partial charge in [-0.1, -0.05) is 83.6 Å². The number of halogens is 1. The Bertz CT molecular complexity index is 1390. The zero-order valence-electron chi connectivity index (χ0n) is 15.6. The third-order valence-corrected chi connectivity index (χ3v) is 5.86. The van der Waals surface area contributed by atoms with Gasteiger partial charge in [-0.2, -0.15) is 5.26 Å². The van der Waals surface area contributed by atoms with E-state index in [1.807, 2.05) is 78.9 Å². The molecule has 5 rings (SSSR count). The Morgan fingerprint density at radius 3 is 2.33 bits per heavy atom. The lowest BCUT2D eigenvalue weighted by Gasteiger charge is -2.03. The van der Waals surface area contributed by atoms with Crippen molar-refractivity contribution in [2.24, 2.45) is 0 Å². The molecule has 5 aromatic rings. The highest BCUT2D eigenvalue weighted by molar-refractivity contribution is 7.22. The maximum absolute atomic E-state index is 9.99. The van der Waals surface area contributed by atoms with Gasteiger partial charge in [0.05, 0.1) is 10.2 Å². The molecule has 0 aliphatic rings. The third kappa shape index (κ3) is 3.33. The molecule has 0 aliphatic heterocycles. The summed E-state index contributed by atoms with van der Waals surface area (Å²) < 4.78 is 7.17. The van der Waals surface area contributed by atoms with E-state index in [1.54, 1.807) is 0 Å². The summed E-state index contributed by atoms with van der Waals surface area (Å²) in [5, 5.41) is 14.5. The van der Waals surface area contributed by atoms with E-state index >= 15 is 0 Å². The van der Waals surface area contributed by atoms with Gasteiger partial charge < -0.3 is 9.73 Å². The van der Waals surface area contributed by atoms with Crippen LogP contribution < -0.4 is 5.32 Å². The molecule has 3 aromatic carbocycles. The molecule has 0 aliphatic carbocycles. The zero-order valence-corrected chi connectivity index (χ0v) is 17.2. The smallest absolute Gasteiger partial charge is 0.218 e. The van der Waals surface area contributed by atoms with Gasteiger partial charge in [-0.15, -0.1) is 0 Å². The highest BCUT2D eigenvalue weighted by Crippen LogP contribution is 2.42. The fourth-order valence-electron chi connectivity index (χ4n) is 3.35. The molecule has 0 spiro atoms. The van der Waals surface area contributed by atoms with Crippen LogP contribution in [-0.2, 0) is 0 Å². The van der Waals surface area contributed by atoms with E-state index in [1.165, 1.54) is 11.3 Å². The minimum atomic E-state index is 0.375. The minimum absolute atomic E-state index is 0.375. The van der Waals surface area contributed by atoms with Crippen LogP contribution in [0.15, 0.2) is 83.3 Å². The standard InChI is InChI=1S/C24H14ClN3OS/c25-17-11-12-19-20(13-17)30-24(27-19)28-23-18(14-26)21(15-7-3-1-4-8-15)22(29-23)16-9-5-2-6-10-16/h1-13H,(H,27,28). The lowest BCUT2D eigenvalue weighted by Crippen LogP contribution is -1.90. The second kappa shape index (κ2) is 7.68. The Hall–Kier alpha value is -3.59. The summed E-state index contributed by atoms with van der Waals surface area (Å²) in [5.74, 6) is 1.02. The van der Waals surface area contributed by atoms with Gasteiger partial charge in [-0.05, 0) is 23.8 Å². The molecule has 1 N–H and O–H groups in total. The molecular formula is C24H14ClN3OS. The number of nitrogens with zero attached hydrogens (tertiary/aromatic N) is 2. The predicted octanol–water partition coefficient (Wildman–Crippen LogP) is 7.49. The normalized spacial score (nSPS) is 10.8. The van der Waals surface area contributed by atoms with Gasteiger partial charge in [0, 0.05) is 16.1 Å². The number of furan rings is 1. The average molecular weight is 428 g/mol. The fourth-order valence-corrected chi connectivity index (χ4v) is 4.48. The summed E-state index contributed by atoms with van der Waals surface area (Å²) in [6, 6.07) is 27.4. The molecule has 0 unspecified atom stereocenters. The summed E-state index contributed by atoms with van der Waals surface area (Å²) >= 11 is 7.55. The van der Waals surface area contributed by atoms with E-state index < -0.39 is 0 Å². The van der Waals surface area contributed by atoms with Gasteiger partial charge in [0.2, 0.25) is 5.88 Å². The van der Waals surface area contributed by atoms with Crippen LogP contribution in [-0.4, -0.2) is 4.98 Å². The monoisotopic (exact) mass is 427 g/mol. The van der Waals surface area contributed by atoms with Gasteiger partial charge in [-0.25, -0.2) is 4.98 Å². The number of hydrogen-bond acceptors (Lipinski definition) is 5. The van der Waals surface area contributed by atoms with Gasteiger partial charge in [0.1, 0.15) is 17.4 Å². The molecule has 144 valence electrons. The Labute approximate surface area is 182 Å². The number of anilines is 2. The van der Waals surface area contributed by atoms with Gasteiger partial charge in [0.25, 0.3) is 0 Å². The lowest BCUT2D eigenvalue weighted by atomic mass is 9.98. The topological polar surface area (TPSA) is 61.9 Å². The molecule has 6 heteroatoms. The fraction of sp³-hybridized carbons (Fsp3) is 0. The van der Waals surface area contributed by atoms with Crippen molar-refractivity contribution in [3.8, 4) is 28.5 Å². The second-order valence-electron chi connectivity index (χ2n) is 6.61. The van der Waals surface area contributed by atoms with Crippen molar-refractivity contribution < 1.29 is 4.42 Å². The molecule has 0 bridgehead atoms. The van der Waals surface area contributed by atoms with Crippen LogP contribution in [0.4, 0.5) is 11.0 Å². The van der Waals surface area contributed by atoms with E-state index in [0.717, 1.165) is 26.9 Å². The lowest BCUT2D eigenvalue weighted by molar-refractivity contribution is 0.600. The van der Waals surface area contributed by atoms with E-state index in [-0.39, 0.29) is 0 Å². The largest absolute Gasteiger partial charge is 0.438 e. The van der Waals surface area contributed by atoms with E-state index in [2.05, 4.69) is 16.4 Å². The van der Waals surface area contributed by atoms with Crippen molar-refractivity contribution in [2.45, 2.75) is 0 Å². The molecule has 2 heterocycles. The van der Waals surface area contributed by atoms with Gasteiger partial charge >= 0.3 is 0 Å². The van der Waals surface area contributed by atoms with Crippen LogP contribution in [0.2, 0.25) is 5.02 Å². The molecule has 0 saturated heterocycles. The maximum atomic E-state index is 9.99. The van der Waals surface area contributed by atoms with Gasteiger partial charge in [0.15, 0.2) is 5.13 Å². The Morgan fingerprint density at radius 2 is 1.63 bits per heavy atom. The number of thiazole rings is 1. The SMILES string of the molecule is N#Cc1c(Nc2nc3ccc(Cl)cc3s2)oc(-c2ccccc2)c1-c1ccccc1. The summed E-state index contributed by atoms with van der Waals surface area (Å²) in [7, 11) is 0. The molecule has 0 radical (unpaired) electrons. The van der Waals surface area contributed by atoms with Crippen molar-refractivity contribution in [2.75, 3.05) is 5.32 Å². The number of hydrogen-bond donors (Lipinski definition) is 1. The van der Waals surface area contributed by atoms with Crippen molar-refractivity contribution >= 4 is 44.2 Å². The first-order chi connectivity index (χ1) is 14.7. The van der Waals surface area contributed by atoms with Crippen LogP contribution in [0.3, 0.4) is 0 Å². The number of aromatic nitrogens is 1. The molecule has 2 aromatic heterocycles. The number of nitrogens with one attached hydrogen (secondary N) is 1. The first kappa shape index (κ1) is 18.4. The van der Waals surface area contributed by atoms with Crippen molar-refractivity contribution in [3.63, 3.8) is 0 Å². The minimum Gasteiger partial charge on any atom is -0.438 e. The number of benzene rings is 3. The molecule has 0 saturated carbocycles. The van der Waals surface area contributed by atoms with Crippen LogP contribution >= 0.6 is 22.9 Å². The van der Waals surface area contributed by atoms with E-state index in [4.69, 9.17) is 16.0 Å². The molecule has 0 fully saturated rings. The quantitative estimate of drug-likeness (QED) is 0.322. The highest BCUT2D eigenvalue weighted by atomic mass is 35.5.